The highest BCUT2D eigenvalue weighted by molar-refractivity contribution is 14.0. The molecule has 0 atom stereocenters. The van der Waals surface area contributed by atoms with Crippen molar-refractivity contribution >= 4 is 39.8 Å². The largest absolute Gasteiger partial charge is 0.396 e. The molecule has 3 N–H and O–H groups in total. The van der Waals surface area contributed by atoms with Gasteiger partial charge in [-0.1, -0.05) is 19.3 Å². The van der Waals surface area contributed by atoms with Crippen molar-refractivity contribution in [2.45, 2.75) is 71.0 Å². The van der Waals surface area contributed by atoms with E-state index in [1.807, 2.05) is 6.92 Å². The Morgan fingerprint density at radius 3 is 2.27 bits per heavy atom. The van der Waals surface area contributed by atoms with E-state index in [4.69, 9.17) is 4.99 Å². The highest BCUT2D eigenvalue weighted by atomic mass is 127. The van der Waals surface area contributed by atoms with Crippen LogP contribution in [-0.2, 0) is 9.84 Å². The lowest BCUT2D eigenvalue weighted by Crippen LogP contribution is -2.42. The Kier molecular flexibility index (Phi) is 11.6. The summed E-state index contributed by atoms with van der Waals surface area (Å²) in [6.07, 6.45) is 6.66. The molecule has 1 fully saturated rings. The van der Waals surface area contributed by atoms with Crippen molar-refractivity contribution in [2.75, 3.05) is 32.0 Å². The summed E-state index contributed by atoms with van der Waals surface area (Å²) in [6, 6.07) is 0. The third-order valence-corrected chi connectivity index (χ3v) is 7.68. The summed E-state index contributed by atoms with van der Waals surface area (Å²) >= 11 is 0. The lowest BCUT2D eigenvalue weighted by Gasteiger charge is -2.35. The topological polar surface area (TPSA) is 90.8 Å². The van der Waals surface area contributed by atoms with E-state index in [9.17, 15) is 13.5 Å². The van der Waals surface area contributed by atoms with Crippen LogP contribution in [0.4, 0.5) is 0 Å². The molecule has 0 spiro atoms. The minimum atomic E-state index is -3.14. The molecule has 0 aromatic carbocycles. The monoisotopic (exact) mass is 503 g/mol. The van der Waals surface area contributed by atoms with Crippen LogP contribution >= 0.6 is 24.0 Å². The van der Waals surface area contributed by atoms with Crippen LogP contribution in [0, 0.1) is 5.41 Å². The van der Waals surface area contributed by atoms with Gasteiger partial charge in [0.25, 0.3) is 0 Å². The maximum atomic E-state index is 12.2. The molecule has 6 nitrogen and oxygen atoms in total. The predicted molar refractivity (Wildman–Crippen MR) is 120 cm³/mol. The molecule has 0 aliphatic heterocycles. The van der Waals surface area contributed by atoms with Gasteiger partial charge in [-0.2, -0.15) is 0 Å². The van der Waals surface area contributed by atoms with Crippen LogP contribution in [0.3, 0.4) is 0 Å². The number of halogens is 1. The summed E-state index contributed by atoms with van der Waals surface area (Å²) in [5.74, 6) is 0.748. The fourth-order valence-corrected chi connectivity index (χ4v) is 4.21. The molecule has 0 saturated heterocycles. The SMILES string of the molecule is CCNC(=NCC1(CCO)CCCCC1)NCCS(=O)(=O)C(C)(C)C.I. The summed E-state index contributed by atoms with van der Waals surface area (Å²) in [4.78, 5) is 4.70. The Hall–Kier alpha value is -0.0900. The van der Waals surface area contributed by atoms with E-state index in [2.05, 4.69) is 10.6 Å². The normalized spacial score (nSPS) is 18.1. The number of guanidine groups is 1. The molecule has 0 heterocycles. The first-order chi connectivity index (χ1) is 11.7. The minimum Gasteiger partial charge on any atom is -0.396 e. The number of hydrogen-bond donors (Lipinski definition) is 3. The Bertz CT molecular complexity index is 519. The molecule has 1 aliphatic carbocycles. The van der Waals surface area contributed by atoms with Crippen LogP contribution < -0.4 is 10.6 Å². The van der Waals surface area contributed by atoms with Crippen molar-refractivity contribution in [3.8, 4) is 0 Å². The number of rotatable bonds is 8. The maximum Gasteiger partial charge on any atom is 0.191 e. The van der Waals surface area contributed by atoms with E-state index in [1.165, 1.54) is 19.3 Å². The van der Waals surface area contributed by atoms with Crippen LogP contribution in [0.25, 0.3) is 0 Å². The van der Waals surface area contributed by atoms with Crippen LogP contribution in [0.1, 0.15) is 66.2 Å². The summed E-state index contributed by atoms with van der Waals surface area (Å²) in [6.45, 7) is 9.12. The van der Waals surface area contributed by atoms with Crippen molar-refractivity contribution in [2.24, 2.45) is 10.4 Å². The number of sulfone groups is 1. The minimum absolute atomic E-state index is 0. The molecule has 26 heavy (non-hydrogen) atoms. The highest BCUT2D eigenvalue weighted by Crippen LogP contribution is 2.39. The molecule has 0 aromatic heterocycles. The number of nitrogens with zero attached hydrogens (tertiary/aromatic N) is 1. The highest BCUT2D eigenvalue weighted by Gasteiger charge is 2.31. The van der Waals surface area contributed by atoms with Gasteiger partial charge in [-0.25, -0.2) is 8.42 Å². The van der Waals surface area contributed by atoms with Crippen LogP contribution in [0.5, 0.6) is 0 Å². The van der Waals surface area contributed by atoms with Gasteiger partial charge in [-0.05, 0) is 52.4 Å². The second-order valence-electron chi connectivity index (χ2n) is 8.09. The fourth-order valence-electron chi connectivity index (χ4n) is 3.22. The van der Waals surface area contributed by atoms with Crippen LogP contribution in [0.15, 0.2) is 4.99 Å². The van der Waals surface area contributed by atoms with Crippen molar-refractivity contribution in [1.29, 1.82) is 0 Å². The van der Waals surface area contributed by atoms with E-state index in [-0.39, 0.29) is 41.8 Å². The summed E-state index contributed by atoms with van der Waals surface area (Å²) < 4.78 is 23.7. The molecule has 8 heteroatoms. The molecule has 1 aliphatic rings. The van der Waals surface area contributed by atoms with Gasteiger partial charge in [0.15, 0.2) is 15.8 Å². The number of aliphatic hydroxyl groups is 1. The number of aliphatic hydroxyl groups excluding tert-OH is 1. The fraction of sp³-hybridized carbons (Fsp3) is 0.944. The second-order valence-corrected chi connectivity index (χ2v) is 10.9. The predicted octanol–water partition coefficient (Wildman–Crippen LogP) is 2.71. The van der Waals surface area contributed by atoms with Gasteiger partial charge < -0.3 is 15.7 Å². The number of nitrogens with one attached hydrogen (secondary N) is 2. The summed E-state index contributed by atoms with van der Waals surface area (Å²) in [5, 5.41) is 15.7. The molecule has 0 unspecified atom stereocenters. The van der Waals surface area contributed by atoms with Gasteiger partial charge in [0.1, 0.15) is 0 Å². The first kappa shape index (κ1) is 25.9. The van der Waals surface area contributed by atoms with Gasteiger partial charge in [-0.3, -0.25) is 4.99 Å². The van der Waals surface area contributed by atoms with E-state index >= 15 is 0 Å². The molecule has 156 valence electrons. The first-order valence-electron chi connectivity index (χ1n) is 9.51. The Morgan fingerprint density at radius 1 is 1.15 bits per heavy atom. The third-order valence-electron chi connectivity index (χ3n) is 5.07. The second kappa shape index (κ2) is 11.7. The van der Waals surface area contributed by atoms with Gasteiger partial charge in [0, 0.05) is 26.2 Å². The smallest absolute Gasteiger partial charge is 0.191 e. The summed E-state index contributed by atoms with van der Waals surface area (Å²) in [7, 11) is -3.14. The molecule has 0 amide bonds. The average Bonchev–Trinajstić information content (AvgIpc) is 2.53. The molecule has 0 bridgehead atoms. The molecule has 0 aromatic rings. The maximum absolute atomic E-state index is 12.2. The first-order valence-corrected chi connectivity index (χ1v) is 11.2. The standard InChI is InChI=1S/C18H37N3O3S.HI/c1-5-19-16(20-12-14-25(23,24)17(2,3)4)21-15-18(11-13-22)9-7-6-8-10-18;/h22H,5-15H2,1-4H3,(H2,19,20,21);1H. The number of hydrogen-bond acceptors (Lipinski definition) is 4. The van der Waals surface area contributed by atoms with E-state index in [1.54, 1.807) is 20.8 Å². The van der Waals surface area contributed by atoms with Crippen molar-refractivity contribution in [1.82, 2.24) is 10.6 Å². The quantitative estimate of drug-likeness (QED) is 0.269. The van der Waals surface area contributed by atoms with Gasteiger partial charge in [0.05, 0.1) is 10.5 Å². The summed E-state index contributed by atoms with van der Waals surface area (Å²) in [5.41, 5.74) is 0.0901. The van der Waals surface area contributed by atoms with E-state index < -0.39 is 14.6 Å². The molecule has 1 saturated carbocycles. The molecule has 1 rings (SSSR count). The Labute approximate surface area is 176 Å². The van der Waals surface area contributed by atoms with Crippen molar-refractivity contribution in [3.63, 3.8) is 0 Å². The average molecular weight is 503 g/mol. The van der Waals surface area contributed by atoms with Crippen molar-refractivity contribution in [3.05, 3.63) is 0 Å². The van der Waals surface area contributed by atoms with E-state index in [0.717, 1.165) is 25.8 Å². The molecule has 0 radical (unpaired) electrons. The van der Waals surface area contributed by atoms with Gasteiger partial charge >= 0.3 is 0 Å². The number of aliphatic imine (C=N–C) groups is 1. The lowest BCUT2D eigenvalue weighted by atomic mass is 9.72. The van der Waals surface area contributed by atoms with E-state index in [0.29, 0.717) is 19.0 Å². The van der Waals surface area contributed by atoms with Gasteiger partial charge in [0.2, 0.25) is 0 Å². The zero-order chi connectivity index (χ0) is 19.0. The molecular weight excluding hydrogens is 465 g/mol. The molecular formula is C18H38IN3O3S. The Morgan fingerprint density at radius 2 is 1.77 bits per heavy atom. The lowest BCUT2D eigenvalue weighted by molar-refractivity contribution is 0.137. The zero-order valence-electron chi connectivity index (χ0n) is 16.8. The van der Waals surface area contributed by atoms with Gasteiger partial charge in [-0.15, -0.1) is 24.0 Å². The third kappa shape index (κ3) is 8.29. The van der Waals surface area contributed by atoms with Crippen molar-refractivity contribution < 1.29 is 13.5 Å². The van der Waals surface area contributed by atoms with Crippen LogP contribution in [0.2, 0.25) is 0 Å². The zero-order valence-corrected chi connectivity index (χ0v) is 20.0. The van der Waals surface area contributed by atoms with Crippen LogP contribution in [-0.4, -0.2) is 56.2 Å². The Balaban J connectivity index is 0.00000625.